The Kier molecular flexibility index (Phi) is 2.46. The Morgan fingerprint density at radius 3 is 2.73 bits per heavy atom. The molecule has 1 aliphatic heterocycles. The third-order valence-corrected chi connectivity index (χ3v) is 2.54. The highest BCUT2D eigenvalue weighted by molar-refractivity contribution is 5.85. The van der Waals surface area contributed by atoms with Crippen LogP contribution in [-0.4, -0.2) is 36.1 Å². The molecule has 1 atom stereocenters. The van der Waals surface area contributed by atoms with Crippen molar-refractivity contribution in [2.24, 2.45) is 0 Å². The summed E-state index contributed by atoms with van der Waals surface area (Å²) in [7, 11) is 1.65. The molecular weight excluding hydrogens is 194 g/mol. The van der Waals surface area contributed by atoms with Crippen molar-refractivity contribution in [1.29, 1.82) is 0 Å². The van der Waals surface area contributed by atoms with E-state index in [1.165, 1.54) is 4.90 Å². The molecule has 1 aromatic carbocycles. The van der Waals surface area contributed by atoms with Crippen LogP contribution in [0.5, 0.6) is 0 Å². The SMILES string of the molecule is CN1CCOC(O)(c2ccccc2)C1=O. The number of likely N-dealkylation sites (N-methyl/N-ethyl adjacent to an activating group) is 1. The van der Waals surface area contributed by atoms with E-state index < -0.39 is 11.7 Å². The summed E-state index contributed by atoms with van der Waals surface area (Å²) in [6.07, 6.45) is 0. The standard InChI is InChI=1S/C11H13NO3/c1-12-7-8-15-11(14,10(12)13)9-5-3-2-4-6-9/h2-6,14H,7-8H2,1H3. The summed E-state index contributed by atoms with van der Waals surface area (Å²) < 4.78 is 5.20. The number of nitrogens with zero attached hydrogens (tertiary/aromatic N) is 1. The molecule has 1 saturated heterocycles. The first-order chi connectivity index (χ1) is 7.14. The highest BCUT2D eigenvalue weighted by Gasteiger charge is 2.44. The van der Waals surface area contributed by atoms with Gasteiger partial charge in [-0.2, -0.15) is 0 Å². The molecule has 1 unspecified atom stereocenters. The minimum Gasteiger partial charge on any atom is -0.354 e. The maximum absolute atomic E-state index is 11.8. The fourth-order valence-corrected chi connectivity index (χ4v) is 1.62. The van der Waals surface area contributed by atoms with E-state index >= 15 is 0 Å². The molecule has 1 fully saturated rings. The molecule has 4 heteroatoms. The van der Waals surface area contributed by atoms with Crippen molar-refractivity contribution in [2.45, 2.75) is 5.79 Å². The second-order valence-electron chi connectivity index (χ2n) is 3.59. The van der Waals surface area contributed by atoms with Crippen molar-refractivity contribution < 1.29 is 14.6 Å². The van der Waals surface area contributed by atoms with Crippen molar-refractivity contribution in [3.05, 3.63) is 35.9 Å². The maximum atomic E-state index is 11.8. The second kappa shape index (κ2) is 3.64. The summed E-state index contributed by atoms with van der Waals surface area (Å²) in [5, 5.41) is 10.2. The van der Waals surface area contributed by atoms with Crippen LogP contribution >= 0.6 is 0 Å². The van der Waals surface area contributed by atoms with Crippen LogP contribution < -0.4 is 0 Å². The first-order valence-electron chi connectivity index (χ1n) is 4.82. The Hall–Kier alpha value is -1.39. The smallest absolute Gasteiger partial charge is 0.287 e. The summed E-state index contributed by atoms with van der Waals surface area (Å²) in [5.74, 6) is -2.23. The van der Waals surface area contributed by atoms with Crippen molar-refractivity contribution in [2.75, 3.05) is 20.2 Å². The van der Waals surface area contributed by atoms with E-state index in [0.29, 0.717) is 18.7 Å². The van der Waals surface area contributed by atoms with Gasteiger partial charge in [0.15, 0.2) is 0 Å². The quantitative estimate of drug-likeness (QED) is 0.721. The normalized spacial score (nSPS) is 26.8. The molecule has 15 heavy (non-hydrogen) atoms. The average molecular weight is 207 g/mol. The first kappa shape index (κ1) is 10.1. The van der Waals surface area contributed by atoms with Crippen molar-refractivity contribution in [3.8, 4) is 0 Å². The minimum absolute atomic E-state index is 0.341. The van der Waals surface area contributed by atoms with Gasteiger partial charge in [0.2, 0.25) is 0 Å². The molecule has 2 rings (SSSR count). The third kappa shape index (κ3) is 1.62. The van der Waals surface area contributed by atoms with Gasteiger partial charge in [0.1, 0.15) is 0 Å². The Morgan fingerprint density at radius 1 is 1.40 bits per heavy atom. The third-order valence-electron chi connectivity index (χ3n) is 2.54. The summed E-state index contributed by atoms with van der Waals surface area (Å²) in [6.45, 7) is 0.849. The van der Waals surface area contributed by atoms with Gasteiger partial charge >= 0.3 is 0 Å². The molecule has 0 radical (unpaired) electrons. The molecule has 0 aromatic heterocycles. The monoisotopic (exact) mass is 207 g/mol. The van der Waals surface area contributed by atoms with Crippen LogP contribution in [0.2, 0.25) is 0 Å². The molecule has 1 heterocycles. The lowest BCUT2D eigenvalue weighted by Gasteiger charge is -2.36. The van der Waals surface area contributed by atoms with Gasteiger partial charge in [0.25, 0.3) is 11.7 Å². The van der Waals surface area contributed by atoms with Crippen LogP contribution in [0.1, 0.15) is 5.56 Å². The fraction of sp³-hybridized carbons (Fsp3) is 0.364. The average Bonchev–Trinajstić information content (AvgIpc) is 2.27. The predicted octanol–water partition coefficient (Wildman–Crippen LogP) is 0.320. The van der Waals surface area contributed by atoms with Gasteiger partial charge in [0, 0.05) is 19.2 Å². The van der Waals surface area contributed by atoms with Gasteiger partial charge in [-0.25, -0.2) is 0 Å². The van der Waals surface area contributed by atoms with Gasteiger partial charge in [-0.15, -0.1) is 0 Å². The topological polar surface area (TPSA) is 49.8 Å². The van der Waals surface area contributed by atoms with Crippen LogP contribution in [0.3, 0.4) is 0 Å². The minimum atomic E-state index is -1.81. The van der Waals surface area contributed by atoms with E-state index in [9.17, 15) is 9.90 Å². The summed E-state index contributed by atoms with van der Waals surface area (Å²) in [5.41, 5.74) is 0.474. The highest BCUT2D eigenvalue weighted by atomic mass is 16.6. The van der Waals surface area contributed by atoms with E-state index in [2.05, 4.69) is 0 Å². The molecule has 1 aliphatic rings. The number of rotatable bonds is 1. The number of ether oxygens (including phenoxy) is 1. The Bertz CT molecular complexity index is 365. The van der Waals surface area contributed by atoms with Crippen molar-refractivity contribution >= 4 is 5.91 Å². The van der Waals surface area contributed by atoms with Crippen LogP contribution in [0.15, 0.2) is 30.3 Å². The lowest BCUT2D eigenvalue weighted by Crippen LogP contribution is -2.53. The first-order valence-corrected chi connectivity index (χ1v) is 4.82. The van der Waals surface area contributed by atoms with Gasteiger partial charge in [-0.1, -0.05) is 30.3 Å². The zero-order valence-electron chi connectivity index (χ0n) is 8.51. The number of benzene rings is 1. The van der Waals surface area contributed by atoms with Crippen LogP contribution in [0.25, 0.3) is 0 Å². The summed E-state index contributed by atoms with van der Waals surface area (Å²) >= 11 is 0. The van der Waals surface area contributed by atoms with Crippen molar-refractivity contribution in [1.82, 2.24) is 4.90 Å². The van der Waals surface area contributed by atoms with Gasteiger partial charge in [-0.3, -0.25) is 4.79 Å². The molecule has 0 aliphatic carbocycles. The van der Waals surface area contributed by atoms with E-state index in [-0.39, 0.29) is 0 Å². The van der Waals surface area contributed by atoms with Gasteiger partial charge in [0.05, 0.1) is 6.61 Å². The molecular formula is C11H13NO3. The summed E-state index contributed by atoms with van der Waals surface area (Å²) in [4.78, 5) is 13.3. The molecule has 1 N–H and O–H groups in total. The summed E-state index contributed by atoms with van der Waals surface area (Å²) in [6, 6.07) is 8.70. The number of hydrogen-bond donors (Lipinski definition) is 1. The largest absolute Gasteiger partial charge is 0.354 e. The molecule has 1 amide bonds. The van der Waals surface area contributed by atoms with Crippen molar-refractivity contribution in [3.63, 3.8) is 0 Å². The number of carbonyl (C=O) groups excluding carboxylic acids is 1. The van der Waals surface area contributed by atoms with Gasteiger partial charge < -0.3 is 14.7 Å². The van der Waals surface area contributed by atoms with Gasteiger partial charge in [-0.05, 0) is 0 Å². The van der Waals surface area contributed by atoms with E-state index in [1.807, 2.05) is 6.07 Å². The molecule has 4 nitrogen and oxygen atoms in total. The Labute approximate surface area is 88.1 Å². The number of carbonyl (C=O) groups is 1. The number of hydrogen-bond acceptors (Lipinski definition) is 3. The zero-order chi connectivity index (χ0) is 10.9. The molecule has 0 spiro atoms. The lowest BCUT2D eigenvalue weighted by molar-refractivity contribution is -0.237. The number of morpholine rings is 1. The molecule has 0 saturated carbocycles. The molecule has 1 aromatic rings. The predicted molar refractivity (Wildman–Crippen MR) is 53.9 cm³/mol. The second-order valence-corrected chi connectivity index (χ2v) is 3.59. The number of amides is 1. The van der Waals surface area contributed by atoms with Crippen LogP contribution in [0, 0.1) is 0 Å². The lowest BCUT2D eigenvalue weighted by atomic mass is 10.0. The van der Waals surface area contributed by atoms with Crippen LogP contribution in [0.4, 0.5) is 0 Å². The Balaban J connectivity index is 2.37. The Morgan fingerprint density at radius 2 is 2.07 bits per heavy atom. The highest BCUT2D eigenvalue weighted by Crippen LogP contribution is 2.27. The van der Waals surface area contributed by atoms with Crippen LogP contribution in [-0.2, 0) is 15.3 Å². The van der Waals surface area contributed by atoms with E-state index in [0.717, 1.165) is 0 Å². The van der Waals surface area contributed by atoms with E-state index in [4.69, 9.17) is 4.74 Å². The maximum Gasteiger partial charge on any atom is 0.287 e. The zero-order valence-corrected chi connectivity index (χ0v) is 8.51. The molecule has 80 valence electrons. The molecule has 0 bridgehead atoms. The number of aliphatic hydroxyl groups is 1. The fourth-order valence-electron chi connectivity index (χ4n) is 1.62. The van der Waals surface area contributed by atoms with E-state index in [1.54, 1.807) is 31.3 Å².